The van der Waals surface area contributed by atoms with Crippen LogP contribution < -0.4 is 0 Å². The average Bonchev–Trinajstić information content (AvgIpc) is 2.90. The normalized spacial score (nSPS) is 30.1. The molecule has 0 saturated heterocycles. The Balaban J connectivity index is 1.69. The SMILES string of the molecule is FC(F)(F)c1ccc(S[C@@H]2C[C@H]3C=C[C@@H]2C3)cc1. The molecule has 2 aliphatic carbocycles. The fourth-order valence-electron chi connectivity index (χ4n) is 2.76. The van der Waals surface area contributed by atoms with Gasteiger partial charge in [0.05, 0.1) is 5.56 Å². The van der Waals surface area contributed by atoms with Gasteiger partial charge in [0, 0.05) is 10.1 Å². The highest BCUT2D eigenvalue weighted by molar-refractivity contribution is 8.00. The summed E-state index contributed by atoms with van der Waals surface area (Å²) in [6, 6.07) is 5.52. The van der Waals surface area contributed by atoms with Crippen LogP contribution in [0.5, 0.6) is 0 Å². The quantitative estimate of drug-likeness (QED) is 0.698. The predicted molar refractivity (Wildman–Crippen MR) is 66.4 cm³/mol. The largest absolute Gasteiger partial charge is 0.416 e. The van der Waals surface area contributed by atoms with E-state index in [1.54, 1.807) is 23.9 Å². The number of halogens is 3. The van der Waals surface area contributed by atoms with E-state index in [9.17, 15) is 13.2 Å². The van der Waals surface area contributed by atoms with Crippen LogP contribution >= 0.6 is 11.8 Å². The molecule has 3 atom stereocenters. The van der Waals surface area contributed by atoms with Gasteiger partial charge in [-0.2, -0.15) is 13.2 Å². The number of alkyl halides is 3. The van der Waals surface area contributed by atoms with Crippen LogP contribution in [0, 0.1) is 11.8 Å². The van der Waals surface area contributed by atoms with Gasteiger partial charge in [-0.1, -0.05) is 12.2 Å². The van der Waals surface area contributed by atoms with Gasteiger partial charge in [0.1, 0.15) is 0 Å². The van der Waals surface area contributed by atoms with Crippen molar-refractivity contribution >= 4 is 11.8 Å². The van der Waals surface area contributed by atoms with Gasteiger partial charge in [-0.05, 0) is 48.9 Å². The van der Waals surface area contributed by atoms with E-state index in [2.05, 4.69) is 12.2 Å². The first kappa shape index (κ1) is 12.2. The molecule has 18 heavy (non-hydrogen) atoms. The Morgan fingerprint density at radius 3 is 2.22 bits per heavy atom. The van der Waals surface area contributed by atoms with E-state index in [4.69, 9.17) is 0 Å². The molecule has 0 N–H and O–H groups in total. The molecule has 0 spiro atoms. The van der Waals surface area contributed by atoms with Crippen molar-refractivity contribution in [2.24, 2.45) is 11.8 Å². The number of fused-ring (bicyclic) bond motifs is 2. The number of allylic oxidation sites excluding steroid dienone is 2. The summed E-state index contributed by atoms with van der Waals surface area (Å²) in [5.74, 6) is 1.31. The standard InChI is InChI=1S/C14H13F3S/c15-14(16,17)11-3-5-12(6-4-11)18-13-8-9-1-2-10(13)7-9/h1-6,9-10,13H,7-8H2/t9-,10+,13+/m0/s1. The number of benzene rings is 1. The fraction of sp³-hybridized carbons (Fsp3) is 0.429. The second-order valence-electron chi connectivity index (χ2n) is 4.96. The van der Waals surface area contributed by atoms with Crippen molar-refractivity contribution in [1.82, 2.24) is 0 Å². The first-order valence-electron chi connectivity index (χ1n) is 6.04. The molecular formula is C14H13F3S. The molecule has 1 fully saturated rings. The molecule has 0 unspecified atom stereocenters. The molecule has 2 aliphatic rings. The molecular weight excluding hydrogens is 257 g/mol. The maximum absolute atomic E-state index is 12.4. The lowest BCUT2D eigenvalue weighted by atomic mass is 10.1. The predicted octanol–water partition coefficient (Wildman–Crippen LogP) is 4.76. The van der Waals surface area contributed by atoms with Crippen molar-refractivity contribution < 1.29 is 13.2 Å². The maximum atomic E-state index is 12.4. The van der Waals surface area contributed by atoms with E-state index in [0.717, 1.165) is 11.3 Å². The van der Waals surface area contributed by atoms with Crippen LogP contribution in [0.25, 0.3) is 0 Å². The Kier molecular flexibility index (Phi) is 2.93. The van der Waals surface area contributed by atoms with Gasteiger partial charge in [0.2, 0.25) is 0 Å². The Bertz CT molecular complexity index is 461. The molecule has 0 aromatic heterocycles. The fourth-order valence-corrected chi connectivity index (χ4v) is 4.13. The zero-order valence-electron chi connectivity index (χ0n) is 9.65. The lowest BCUT2D eigenvalue weighted by molar-refractivity contribution is -0.137. The van der Waals surface area contributed by atoms with Crippen molar-refractivity contribution in [2.45, 2.75) is 29.2 Å². The molecule has 0 nitrogen and oxygen atoms in total. The third-order valence-electron chi connectivity index (χ3n) is 3.69. The molecule has 96 valence electrons. The summed E-state index contributed by atoms with van der Waals surface area (Å²) < 4.78 is 37.3. The summed E-state index contributed by atoms with van der Waals surface area (Å²) in [6.07, 6.45) is 2.67. The summed E-state index contributed by atoms with van der Waals surface area (Å²) in [4.78, 5) is 0.939. The van der Waals surface area contributed by atoms with Crippen molar-refractivity contribution in [3.63, 3.8) is 0 Å². The van der Waals surface area contributed by atoms with Gasteiger partial charge in [-0.3, -0.25) is 0 Å². The molecule has 1 aromatic rings. The summed E-state index contributed by atoms with van der Waals surface area (Å²) >= 11 is 1.72. The van der Waals surface area contributed by atoms with Crippen LogP contribution in [-0.4, -0.2) is 5.25 Å². The van der Waals surface area contributed by atoms with Gasteiger partial charge in [-0.15, -0.1) is 11.8 Å². The Labute approximate surface area is 108 Å². The zero-order chi connectivity index (χ0) is 12.8. The van der Waals surface area contributed by atoms with E-state index in [-0.39, 0.29) is 0 Å². The topological polar surface area (TPSA) is 0 Å². The Hall–Kier alpha value is -0.900. The molecule has 1 saturated carbocycles. The van der Waals surface area contributed by atoms with E-state index < -0.39 is 11.7 Å². The van der Waals surface area contributed by atoms with Crippen LogP contribution in [0.15, 0.2) is 41.3 Å². The lowest BCUT2D eigenvalue weighted by Crippen LogP contribution is -2.09. The number of rotatable bonds is 2. The highest BCUT2D eigenvalue weighted by Crippen LogP contribution is 2.47. The van der Waals surface area contributed by atoms with E-state index in [1.807, 2.05) is 0 Å². The Morgan fingerprint density at radius 1 is 1.00 bits per heavy atom. The highest BCUT2D eigenvalue weighted by Gasteiger charge is 2.36. The van der Waals surface area contributed by atoms with Gasteiger partial charge < -0.3 is 0 Å². The van der Waals surface area contributed by atoms with Crippen LogP contribution in [0.3, 0.4) is 0 Å². The lowest BCUT2D eigenvalue weighted by Gasteiger charge is -2.17. The summed E-state index contributed by atoms with van der Waals surface area (Å²) in [5.41, 5.74) is -0.570. The molecule has 0 radical (unpaired) electrons. The minimum atomic E-state index is -4.24. The number of hydrogen-bond donors (Lipinski definition) is 0. The molecule has 1 aromatic carbocycles. The smallest absolute Gasteiger partial charge is 0.166 e. The molecule has 0 aliphatic heterocycles. The molecule has 0 heterocycles. The van der Waals surface area contributed by atoms with Crippen molar-refractivity contribution in [2.75, 3.05) is 0 Å². The highest BCUT2D eigenvalue weighted by atomic mass is 32.2. The van der Waals surface area contributed by atoms with Crippen molar-refractivity contribution in [3.05, 3.63) is 42.0 Å². The second-order valence-corrected chi connectivity index (χ2v) is 6.27. The van der Waals surface area contributed by atoms with Crippen LogP contribution in [0.2, 0.25) is 0 Å². The number of thioether (sulfide) groups is 1. The molecule has 4 heteroatoms. The Morgan fingerprint density at radius 2 is 1.72 bits per heavy atom. The minimum Gasteiger partial charge on any atom is -0.166 e. The minimum absolute atomic E-state index is 0.539. The molecule has 3 rings (SSSR count). The van der Waals surface area contributed by atoms with Crippen LogP contribution in [-0.2, 0) is 6.18 Å². The summed E-state index contributed by atoms with van der Waals surface area (Å²) in [6.45, 7) is 0. The van der Waals surface area contributed by atoms with Crippen LogP contribution in [0.4, 0.5) is 13.2 Å². The summed E-state index contributed by atoms with van der Waals surface area (Å²) in [7, 11) is 0. The van der Waals surface area contributed by atoms with E-state index >= 15 is 0 Å². The van der Waals surface area contributed by atoms with Gasteiger partial charge in [0.15, 0.2) is 0 Å². The van der Waals surface area contributed by atoms with E-state index in [0.29, 0.717) is 17.1 Å². The summed E-state index contributed by atoms with van der Waals surface area (Å²) in [5, 5.41) is 0.539. The third-order valence-corrected chi connectivity index (χ3v) is 5.08. The van der Waals surface area contributed by atoms with Gasteiger partial charge in [-0.25, -0.2) is 0 Å². The monoisotopic (exact) mass is 270 g/mol. The van der Waals surface area contributed by atoms with Crippen LogP contribution in [0.1, 0.15) is 18.4 Å². The van der Waals surface area contributed by atoms with E-state index in [1.165, 1.54) is 18.6 Å². The van der Waals surface area contributed by atoms with Crippen molar-refractivity contribution in [1.29, 1.82) is 0 Å². The first-order valence-corrected chi connectivity index (χ1v) is 6.92. The maximum Gasteiger partial charge on any atom is 0.416 e. The zero-order valence-corrected chi connectivity index (χ0v) is 10.5. The third kappa shape index (κ3) is 2.30. The second kappa shape index (κ2) is 4.34. The first-order chi connectivity index (χ1) is 8.52. The van der Waals surface area contributed by atoms with Gasteiger partial charge >= 0.3 is 6.18 Å². The molecule has 0 amide bonds. The van der Waals surface area contributed by atoms with Gasteiger partial charge in [0.25, 0.3) is 0 Å². The average molecular weight is 270 g/mol. The number of hydrogen-bond acceptors (Lipinski definition) is 1. The molecule has 2 bridgehead atoms. The van der Waals surface area contributed by atoms with Crippen molar-refractivity contribution in [3.8, 4) is 0 Å².